The van der Waals surface area contributed by atoms with Gasteiger partial charge >= 0.3 is 29.6 Å². The van der Waals surface area contributed by atoms with Gasteiger partial charge in [-0.3, -0.25) is 0 Å². The quantitative estimate of drug-likeness (QED) is 0.466. The summed E-state index contributed by atoms with van der Waals surface area (Å²) >= 11 is 1.89. The molecule has 0 saturated carbocycles. The Kier molecular flexibility index (Phi) is 4.02. The standard InChI is InChI=1S/C7H5NOS2.Na/c9-11-7-8-5-3-1-2-4-6(5)10-7;/h1-4,9H;/q;+1/p-1. The Morgan fingerprint density at radius 2 is 2.08 bits per heavy atom. The van der Waals surface area contributed by atoms with E-state index in [9.17, 15) is 4.55 Å². The molecular formula is C7H4NNaOS2. The summed E-state index contributed by atoms with van der Waals surface area (Å²) in [6.07, 6.45) is 0. The van der Waals surface area contributed by atoms with Crippen molar-refractivity contribution in [3.05, 3.63) is 24.3 Å². The van der Waals surface area contributed by atoms with Crippen molar-refractivity contribution in [2.45, 2.75) is 4.34 Å². The van der Waals surface area contributed by atoms with Gasteiger partial charge in [0.05, 0.1) is 10.2 Å². The van der Waals surface area contributed by atoms with Crippen molar-refractivity contribution >= 4 is 33.6 Å². The van der Waals surface area contributed by atoms with E-state index >= 15 is 0 Å². The molecule has 0 atom stereocenters. The van der Waals surface area contributed by atoms with Crippen LogP contribution < -0.4 is 29.6 Å². The molecule has 0 saturated heterocycles. The molecule has 0 fully saturated rings. The van der Waals surface area contributed by atoms with Gasteiger partial charge in [-0.1, -0.05) is 12.1 Å². The second-order valence-corrected chi connectivity index (χ2v) is 3.87. The molecule has 56 valence electrons. The van der Waals surface area contributed by atoms with Gasteiger partial charge in [0, 0.05) is 0 Å². The molecular weight excluding hydrogens is 201 g/mol. The van der Waals surface area contributed by atoms with Gasteiger partial charge in [-0.05, 0) is 12.1 Å². The van der Waals surface area contributed by atoms with Crippen molar-refractivity contribution in [3.63, 3.8) is 0 Å². The van der Waals surface area contributed by atoms with Gasteiger partial charge in [0.25, 0.3) is 0 Å². The Balaban J connectivity index is 0.000000720. The number of fused-ring (bicyclic) bond motifs is 1. The average Bonchev–Trinajstić information content (AvgIpc) is 2.46. The van der Waals surface area contributed by atoms with Crippen LogP contribution in [0.2, 0.25) is 0 Å². The molecule has 0 radical (unpaired) electrons. The number of hydrogen-bond acceptors (Lipinski definition) is 4. The second kappa shape index (κ2) is 4.60. The van der Waals surface area contributed by atoms with Crippen LogP contribution in [0.3, 0.4) is 0 Å². The maximum Gasteiger partial charge on any atom is 1.00 e. The molecule has 12 heavy (non-hydrogen) atoms. The Labute approximate surface area is 101 Å². The molecule has 0 N–H and O–H groups in total. The van der Waals surface area contributed by atoms with Gasteiger partial charge in [0.15, 0.2) is 0 Å². The first kappa shape index (κ1) is 10.5. The van der Waals surface area contributed by atoms with Crippen LogP contribution in [-0.2, 0) is 0 Å². The minimum atomic E-state index is 0. The minimum absolute atomic E-state index is 0. The largest absolute Gasteiger partial charge is 1.00 e. The summed E-state index contributed by atoms with van der Waals surface area (Å²) in [7, 11) is 0. The van der Waals surface area contributed by atoms with Gasteiger partial charge in [-0.15, -0.1) is 11.3 Å². The van der Waals surface area contributed by atoms with Crippen LogP contribution in [0.4, 0.5) is 0 Å². The van der Waals surface area contributed by atoms with Crippen molar-refractivity contribution in [3.8, 4) is 0 Å². The molecule has 1 heterocycles. The smallest absolute Gasteiger partial charge is 0.793 e. The van der Waals surface area contributed by atoms with Crippen LogP contribution in [0, 0.1) is 0 Å². The van der Waals surface area contributed by atoms with Gasteiger partial charge < -0.3 is 4.55 Å². The van der Waals surface area contributed by atoms with Crippen LogP contribution in [0.5, 0.6) is 0 Å². The number of hydrogen-bond donors (Lipinski definition) is 0. The fraction of sp³-hybridized carbons (Fsp3) is 0. The van der Waals surface area contributed by atoms with E-state index in [2.05, 4.69) is 4.98 Å². The van der Waals surface area contributed by atoms with Crippen LogP contribution in [-0.4, -0.2) is 9.54 Å². The monoisotopic (exact) mass is 205 g/mol. The van der Waals surface area contributed by atoms with Crippen LogP contribution in [0.25, 0.3) is 10.2 Å². The Morgan fingerprint density at radius 3 is 2.75 bits per heavy atom. The van der Waals surface area contributed by atoms with E-state index in [0.29, 0.717) is 16.4 Å². The molecule has 0 aliphatic rings. The zero-order chi connectivity index (χ0) is 7.68. The van der Waals surface area contributed by atoms with Crippen LogP contribution in [0.15, 0.2) is 28.6 Å². The summed E-state index contributed by atoms with van der Waals surface area (Å²) < 4.78 is 12.0. The zero-order valence-corrected chi connectivity index (χ0v) is 10.1. The predicted octanol–water partition coefficient (Wildman–Crippen LogP) is -0.477. The molecule has 2 aromatic rings. The van der Waals surface area contributed by atoms with Gasteiger partial charge in [0.1, 0.15) is 4.34 Å². The molecule has 1 aromatic heterocycles. The van der Waals surface area contributed by atoms with Gasteiger partial charge in [-0.2, -0.15) is 12.0 Å². The van der Waals surface area contributed by atoms with Crippen LogP contribution in [0.1, 0.15) is 0 Å². The first-order chi connectivity index (χ1) is 5.40. The third kappa shape index (κ3) is 2.02. The molecule has 0 amide bonds. The molecule has 0 aliphatic carbocycles. The van der Waals surface area contributed by atoms with E-state index < -0.39 is 0 Å². The van der Waals surface area contributed by atoms with Crippen molar-refractivity contribution in [1.29, 1.82) is 0 Å². The first-order valence-corrected chi connectivity index (χ1v) is 4.61. The number of rotatable bonds is 1. The fourth-order valence-electron chi connectivity index (χ4n) is 0.887. The summed E-state index contributed by atoms with van der Waals surface area (Å²) in [4.78, 5) is 4.10. The molecule has 1 aromatic carbocycles. The molecule has 2 nitrogen and oxygen atoms in total. The SMILES string of the molecule is [Na+].[O-]Sc1nc2ccccc2s1. The number of para-hydroxylation sites is 1. The van der Waals surface area contributed by atoms with Crippen molar-refractivity contribution in [2.75, 3.05) is 0 Å². The Hall–Kier alpha value is 0.420. The van der Waals surface area contributed by atoms with Crippen LogP contribution >= 0.6 is 23.4 Å². The fourth-order valence-corrected chi connectivity index (χ4v) is 2.12. The van der Waals surface area contributed by atoms with E-state index in [0.717, 1.165) is 10.2 Å². The Morgan fingerprint density at radius 1 is 1.33 bits per heavy atom. The third-order valence-electron chi connectivity index (χ3n) is 1.35. The summed E-state index contributed by atoms with van der Waals surface area (Å²) in [6, 6.07) is 7.74. The molecule has 0 unspecified atom stereocenters. The van der Waals surface area contributed by atoms with E-state index in [1.54, 1.807) is 0 Å². The third-order valence-corrected chi connectivity index (χ3v) is 2.86. The maximum atomic E-state index is 10.4. The molecule has 0 bridgehead atoms. The van der Waals surface area contributed by atoms with E-state index in [4.69, 9.17) is 0 Å². The number of benzene rings is 1. The first-order valence-electron chi connectivity index (χ1n) is 3.05. The summed E-state index contributed by atoms with van der Waals surface area (Å²) in [5, 5.41) is 0. The maximum absolute atomic E-state index is 10.4. The normalized spacial score (nSPS) is 9.75. The number of nitrogens with zero attached hydrogens (tertiary/aromatic N) is 1. The van der Waals surface area contributed by atoms with Crippen molar-refractivity contribution in [1.82, 2.24) is 4.98 Å². The summed E-state index contributed by atoms with van der Waals surface area (Å²) in [6.45, 7) is 0. The molecule has 5 heteroatoms. The minimum Gasteiger partial charge on any atom is -0.793 e. The molecule has 2 rings (SSSR count). The van der Waals surface area contributed by atoms with E-state index in [-0.39, 0.29) is 29.6 Å². The van der Waals surface area contributed by atoms with Gasteiger partial charge in [-0.25, -0.2) is 4.98 Å². The zero-order valence-electron chi connectivity index (χ0n) is 6.48. The van der Waals surface area contributed by atoms with E-state index in [1.165, 1.54) is 11.3 Å². The number of aromatic nitrogens is 1. The Bertz CT molecular complexity index is 343. The topological polar surface area (TPSA) is 36.0 Å². The number of thiazole rings is 1. The van der Waals surface area contributed by atoms with E-state index in [1.807, 2.05) is 24.3 Å². The second-order valence-electron chi connectivity index (χ2n) is 2.03. The molecule has 0 spiro atoms. The average molecular weight is 205 g/mol. The summed E-state index contributed by atoms with van der Waals surface area (Å²) in [5.41, 5.74) is 0.913. The van der Waals surface area contributed by atoms with Gasteiger partial charge in [0.2, 0.25) is 0 Å². The summed E-state index contributed by atoms with van der Waals surface area (Å²) in [5.74, 6) is 0. The van der Waals surface area contributed by atoms with Crippen molar-refractivity contribution < 1.29 is 34.1 Å². The predicted molar refractivity (Wildman–Crippen MR) is 46.3 cm³/mol. The van der Waals surface area contributed by atoms with Crippen molar-refractivity contribution in [2.24, 2.45) is 0 Å². The molecule has 0 aliphatic heterocycles.